The van der Waals surface area contributed by atoms with Crippen LogP contribution in [0.4, 0.5) is 0 Å². The largest absolute Gasteiger partial charge is 0.197 e. The number of hydrogen-bond acceptors (Lipinski definition) is 2. The van der Waals surface area contributed by atoms with Crippen LogP contribution in [0.5, 0.6) is 0 Å². The van der Waals surface area contributed by atoms with Gasteiger partial charge in [0.15, 0.2) is 12.5 Å². The fraction of sp³-hybridized carbons (Fsp3) is 0. The predicted molar refractivity (Wildman–Crippen MR) is 26.6 cm³/mol. The maximum atomic E-state index is 7.83. The minimum Gasteiger partial charge on any atom is -0.197 e. The van der Waals surface area contributed by atoms with Crippen molar-refractivity contribution in [2.24, 2.45) is 0 Å². The van der Waals surface area contributed by atoms with Crippen LogP contribution in [0.3, 0.4) is 0 Å². The molecule has 5 heteroatoms. The molecule has 0 aliphatic carbocycles. The maximum Gasteiger partial charge on any atom is 0.197 e. The summed E-state index contributed by atoms with van der Waals surface area (Å²) in [6.07, 6.45) is 0. The average Bonchev–Trinajstić information content (AvgIpc) is 1.00. The number of hydrogen-bond donors (Lipinski definition) is 0. The smallest absolute Gasteiger partial charge is 0.197 e. The second kappa shape index (κ2) is 69.9. The Hall–Kier alpha value is 1.11. The van der Waals surface area contributed by atoms with Gasteiger partial charge in [-0.1, -0.05) is 0 Å². The molecule has 1 nitrogen and oxygen atoms in total. The summed E-state index contributed by atoms with van der Waals surface area (Å²) < 4.78 is 7.83. The quantitative estimate of drug-likeness (QED) is 0.306. The molecule has 0 fully saturated rings. The molecule has 0 aromatic rings. The van der Waals surface area contributed by atoms with Gasteiger partial charge in [-0.15, -0.1) is 0 Å². The summed E-state index contributed by atoms with van der Waals surface area (Å²) in [5, 5.41) is 0. The van der Waals surface area contributed by atoms with E-state index in [-0.39, 0.29) is 37.2 Å². The normalized spacial score (nSPS) is 0.800. The molecule has 5 heavy (non-hydrogen) atoms. The van der Waals surface area contributed by atoms with E-state index in [1.165, 1.54) is 0 Å². The average molecular weight is 96.8 g/mol. The topological polar surface area (TPSA) is 17.1 Å². The zero-order valence-electron chi connectivity index (χ0n) is 2.84. The fourth-order valence-electron chi connectivity index (χ4n) is 0. The first kappa shape index (κ1) is 35.8. The van der Waals surface area contributed by atoms with E-state index in [4.69, 9.17) is 4.21 Å². The van der Waals surface area contributed by atoms with Crippen molar-refractivity contribution in [3.05, 3.63) is 0 Å². The first-order valence-electron chi connectivity index (χ1n) is 0.167. The second-order valence-electron chi connectivity index (χ2n) is 0. The van der Waals surface area contributed by atoms with Crippen molar-refractivity contribution >= 4 is 49.7 Å². The van der Waals surface area contributed by atoms with Crippen molar-refractivity contribution in [1.29, 1.82) is 0 Å². The van der Waals surface area contributed by atoms with Gasteiger partial charge in [0, 0.05) is 37.2 Å². The summed E-state index contributed by atoms with van der Waals surface area (Å²) in [5.41, 5.74) is 0. The molecule has 0 bridgehead atoms. The molecule has 0 aliphatic heterocycles. The van der Waals surface area contributed by atoms with Crippen LogP contribution in [-0.4, -0.2) is 31.5 Å². The summed E-state index contributed by atoms with van der Waals surface area (Å²) in [6.45, 7) is 0. The SMILES string of the molecule is O=S.[B].[Li].[P]. The number of rotatable bonds is 0. The standard InChI is InChI=1S/B.Li.OS.P/c;;1-2;. The van der Waals surface area contributed by atoms with Crippen molar-refractivity contribution in [3.63, 3.8) is 0 Å². The first-order valence-corrected chi connectivity index (χ1v) is 0.500. The minimum absolute atomic E-state index is 0. The molecule has 21 valence electrons. The third kappa shape index (κ3) is 40.0. The molecule has 0 aromatic carbocycles. The second-order valence-corrected chi connectivity index (χ2v) is 0. The van der Waals surface area contributed by atoms with Gasteiger partial charge in [0.1, 0.15) is 0 Å². The van der Waals surface area contributed by atoms with Crippen molar-refractivity contribution in [3.8, 4) is 0 Å². The van der Waals surface area contributed by atoms with Gasteiger partial charge in [-0.3, -0.25) is 0 Å². The summed E-state index contributed by atoms with van der Waals surface area (Å²) in [4.78, 5) is 0. The summed E-state index contributed by atoms with van der Waals surface area (Å²) in [7, 11) is 0. The summed E-state index contributed by atoms with van der Waals surface area (Å²) >= 11 is 2.83. The van der Waals surface area contributed by atoms with Crippen LogP contribution < -0.4 is 0 Å². The minimum atomic E-state index is 0. The Morgan fingerprint density at radius 3 is 1.20 bits per heavy atom. The molecule has 0 N–H and O–H groups in total. The van der Waals surface area contributed by atoms with Crippen LogP contribution in [0.2, 0.25) is 0 Å². The Balaban J connectivity index is -0.00000000167. The Labute approximate surface area is 54.2 Å². The van der Waals surface area contributed by atoms with E-state index in [0.29, 0.717) is 0 Å². The molecule has 0 aromatic heterocycles. The Morgan fingerprint density at radius 2 is 1.20 bits per heavy atom. The van der Waals surface area contributed by atoms with E-state index in [1.807, 2.05) is 0 Å². The first-order chi connectivity index (χ1) is 1.00. The molecule has 0 atom stereocenters. The van der Waals surface area contributed by atoms with E-state index in [2.05, 4.69) is 12.5 Å². The van der Waals surface area contributed by atoms with Crippen molar-refractivity contribution in [2.75, 3.05) is 0 Å². The van der Waals surface area contributed by atoms with Gasteiger partial charge in [-0.05, 0) is 0 Å². The van der Waals surface area contributed by atoms with Gasteiger partial charge < -0.3 is 0 Å². The monoisotopic (exact) mass is 97.0 g/mol. The van der Waals surface area contributed by atoms with E-state index in [0.717, 1.165) is 0 Å². The van der Waals surface area contributed by atoms with Gasteiger partial charge in [-0.2, -0.15) is 4.21 Å². The Kier molecular flexibility index (Phi) is 500. The molecule has 0 unspecified atom stereocenters. The van der Waals surface area contributed by atoms with Crippen LogP contribution >= 0.6 is 9.90 Å². The third-order valence-corrected chi connectivity index (χ3v) is 0. The molecule has 0 amide bonds. The molecule has 0 aliphatic rings. The van der Waals surface area contributed by atoms with E-state index >= 15 is 0 Å². The molecular weight excluding hydrogens is 96.8 g/mol. The van der Waals surface area contributed by atoms with Gasteiger partial charge in [-0.25, -0.2) is 0 Å². The van der Waals surface area contributed by atoms with Crippen LogP contribution in [0.25, 0.3) is 0 Å². The van der Waals surface area contributed by atoms with Crippen LogP contribution in [0.15, 0.2) is 0 Å². The Bertz CT molecular complexity index is 11.6. The van der Waals surface area contributed by atoms with Crippen molar-refractivity contribution in [2.45, 2.75) is 0 Å². The third-order valence-electron chi connectivity index (χ3n) is 0. The molecular formula is BLiOPS. The van der Waals surface area contributed by atoms with Crippen molar-refractivity contribution in [1.82, 2.24) is 0 Å². The fourth-order valence-corrected chi connectivity index (χ4v) is 0. The molecule has 0 saturated heterocycles. The molecule has 0 spiro atoms. The molecule has 0 rings (SSSR count). The zero-order valence-corrected chi connectivity index (χ0v) is 4.55. The predicted octanol–water partition coefficient (Wildman–Crippen LogP) is -0.237. The molecule has 0 saturated carbocycles. The van der Waals surface area contributed by atoms with Gasteiger partial charge >= 0.3 is 0 Å². The van der Waals surface area contributed by atoms with Crippen LogP contribution in [0.1, 0.15) is 0 Å². The van der Waals surface area contributed by atoms with Crippen LogP contribution in [-0.2, 0) is 12.5 Å². The molecule has 0 heterocycles. The maximum absolute atomic E-state index is 7.83. The summed E-state index contributed by atoms with van der Waals surface area (Å²) in [6, 6.07) is 0. The zero-order chi connectivity index (χ0) is 2.00. The van der Waals surface area contributed by atoms with Gasteiger partial charge in [0.2, 0.25) is 0 Å². The van der Waals surface area contributed by atoms with Crippen LogP contribution in [0, 0.1) is 0 Å². The van der Waals surface area contributed by atoms with Gasteiger partial charge in [0.25, 0.3) is 0 Å². The van der Waals surface area contributed by atoms with E-state index < -0.39 is 0 Å². The Morgan fingerprint density at radius 1 is 1.20 bits per heavy atom. The van der Waals surface area contributed by atoms with Gasteiger partial charge in [0.05, 0.1) is 0 Å². The van der Waals surface area contributed by atoms with E-state index in [1.54, 1.807) is 0 Å². The summed E-state index contributed by atoms with van der Waals surface area (Å²) in [5.74, 6) is 0. The van der Waals surface area contributed by atoms with E-state index in [9.17, 15) is 0 Å². The van der Waals surface area contributed by atoms with Crippen molar-refractivity contribution < 1.29 is 4.21 Å². The molecule has 7 radical (unpaired) electrons.